The molecule has 0 atom stereocenters. The predicted octanol–water partition coefficient (Wildman–Crippen LogP) is 9.43. The van der Waals surface area contributed by atoms with Crippen LogP contribution in [0.25, 0.3) is 0 Å². The molecule has 0 aromatic heterocycles. The smallest absolute Gasteiger partial charge is 0.0273 e. The molecule has 28 heavy (non-hydrogen) atoms. The lowest BCUT2D eigenvalue weighted by atomic mass is 9.90. The van der Waals surface area contributed by atoms with Gasteiger partial charge in [0.2, 0.25) is 0 Å². The SMILES string of the molecule is [CH2]CCCc1c(CCCCCCCCC)cccc1CCCCCCCCC. The van der Waals surface area contributed by atoms with Gasteiger partial charge in [-0.3, -0.25) is 0 Å². The van der Waals surface area contributed by atoms with E-state index in [2.05, 4.69) is 39.0 Å². The second-order valence-corrected chi connectivity index (χ2v) is 8.75. The van der Waals surface area contributed by atoms with Crippen LogP contribution in [0.4, 0.5) is 0 Å². The molecule has 0 aliphatic carbocycles. The van der Waals surface area contributed by atoms with Crippen molar-refractivity contribution in [2.75, 3.05) is 0 Å². The number of hydrogen-bond acceptors (Lipinski definition) is 0. The van der Waals surface area contributed by atoms with E-state index >= 15 is 0 Å². The van der Waals surface area contributed by atoms with E-state index in [1.807, 2.05) is 0 Å². The molecule has 0 spiro atoms. The molecule has 0 N–H and O–H groups in total. The van der Waals surface area contributed by atoms with Crippen LogP contribution in [-0.4, -0.2) is 0 Å². The van der Waals surface area contributed by atoms with E-state index in [9.17, 15) is 0 Å². The lowest BCUT2D eigenvalue weighted by Gasteiger charge is -2.15. The maximum atomic E-state index is 4.08. The van der Waals surface area contributed by atoms with Gasteiger partial charge in [0.15, 0.2) is 0 Å². The molecule has 0 aliphatic rings. The van der Waals surface area contributed by atoms with Gasteiger partial charge in [-0.2, -0.15) is 0 Å². The van der Waals surface area contributed by atoms with Crippen LogP contribution in [0.1, 0.15) is 133 Å². The molecule has 0 amide bonds. The molecule has 1 aromatic carbocycles. The number of rotatable bonds is 19. The molecule has 0 aliphatic heterocycles. The van der Waals surface area contributed by atoms with E-state index in [1.54, 1.807) is 16.7 Å². The fourth-order valence-corrected chi connectivity index (χ4v) is 4.32. The minimum Gasteiger partial charge on any atom is -0.0654 e. The zero-order chi connectivity index (χ0) is 20.3. The van der Waals surface area contributed by atoms with Crippen molar-refractivity contribution in [3.05, 3.63) is 41.8 Å². The second-order valence-electron chi connectivity index (χ2n) is 8.75. The minimum absolute atomic E-state index is 1.06. The van der Waals surface area contributed by atoms with Crippen molar-refractivity contribution in [2.45, 2.75) is 136 Å². The van der Waals surface area contributed by atoms with Crippen molar-refractivity contribution in [1.29, 1.82) is 0 Å². The van der Waals surface area contributed by atoms with Crippen molar-refractivity contribution in [3.63, 3.8) is 0 Å². The van der Waals surface area contributed by atoms with E-state index < -0.39 is 0 Å². The van der Waals surface area contributed by atoms with Crippen LogP contribution in [0.3, 0.4) is 0 Å². The summed E-state index contributed by atoms with van der Waals surface area (Å²) in [6, 6.07) is 7.13. The molecule has 0 bridgehead atoms. The lowest BCUT2D eigenvalue weighted by molar-refractivity contribution is 0.585. The van der Waals surface area contributed by atoms with Gasteiger partial charge in [-0.05, 0) is 55.2 Å². The molecule has 161 valence electrons. The first-order valence-electron chi connectivity index (χ1n) is 12.7. The minimum atomic E-state index is 1.06. The van der Waals surface area contributed by atoms with Crippen molar-refractivity contribution in [2.24, 2.45) is 0 Å². The molecule has 0 heteroatoms. The van der Waals surface area contributed by atoms with E-state index in [1.165, 1.54) is 116 Å². The highest BCUT2D eigenvalue weighted by atomic mass is 14.1. The third kappa shape index (κ3) is 11.9. The topological polar surface area (TPSA) is 0 Å². The van der Waals surface area contributed by atoms with E-state index in [0.717, 1.165) is 6.42 Å². The highest BCUT2D eigenvalue weighted by molar-refractivity contribution is 5.36. The maximum absolute atomic E-state index is 4.08. The number of benzene rings is 1. The van der Waals surface area contributed by atoms with Gasteiger partial charge in [0.05, 0.1) is 0 Å². The van der Waals surface area contributed by atoms with Gasteiger partial charge in [-0.15, -0.1) is 0 Å². The van der Waals surface area contributed by atoms with Crippen LogP contribution in [0, 0.1) is 6.92 Å². The Balaban J connectivity index is 2.44. The van der Waals surface area contributed by atoms with Crippen LogP contribution in [0.2, 0.25) is 0 Å². The van der Waals surface area contributed by atoms with Crippen LogP contribution < -0.4 is 0 Å². The lowest BCUT2D eigenvalue weighted by Crippen LogP contribution is -2.02. The summed E-state index contributed by atoms with van der Waals surface area (Å²) in [5.74, 6) is 0. The Morgan fingerprint density at radius 3 is 1.39 bits per heavy atom. The van der Waals surface area contributed by atoms with Gasteiger partial charge >= 0.3 is 0 Å². The van der Waals surface area contributed by atoms with E-state index in [-0.39, 0.29) is 0 Å². The third-order valence-corrected chi connectivity index (χ3v) is 6.15. The summed E-state index contributed by atoms with van der Waals surface area (Å²) in [5, 5.41) is 0. The Morgan fingerprint density at radius 1 is 0.536 bits per heavy atom. The highest BCUT2D eigenvalue weighted by Crippen LogP contribution is 2.23. The zero-order valence-electron chi connectivity index (χ0n) is 19.4. The van der Waals surface area contributed by atoms with Gasteiger partial charge in [0.1, 0.15) is 0 Å². The Hall–Kier alpha value is -0.780. The number of unbranched alkanes of at least 4 members (excludes halogenated alkanes) is 13. The first-order valence-corrected chi connectivity index (χ1v) is 12.7. The first kappa shape index (κ1) is 25.3. The Bertz CT molecular complexity index is 423. The molecule has 0 unspecified atom stereocenters. The van der Waals surface area contributed by atoms with Crippen molar-refractivity contribution in [3.8, 4) is 0 Å². The molecule has 1 radical (unpaired) electrons. The summed E-state index contributed by atoms with van der Waals surface area (Å²) in [7, 11) is 0. The third-order valence-electron chi connectivity index (χ3n) is 6.15. The highest BCUT2D eigenvalue weighted by Gasteiger charge is 2.08. The molecule has 1 rings (SSSR count). The van der Waals surface area contributed by atoms with Crippen molar-refractivity contribution < 1.29 is 0 Å². The number of aryl methyl sites for hydroxylation is 2. The van der Waals surface area contributed by atoms with Crippen LogP contribution in [0.5, 0.6) is 0 Å². The molecule has 1 aromatic rings. The van der Waals surface area contributed by atoms with Crippen LogP contribution >= 0.6 is 0 Å². The molecule has 0 nitrogen and oxygen atoms in total. The summed E-state index contributed by atoms with van der Waals surface area (Å²) in [4.78, 5) is 0. The van der Waals surface area contributed by atoms with Crippen molar-refractivity contribution >= 4 is 0 Å². The summed E-state index contributed by atoms with van der Waals surface area (Å²) < 4.78 is 0. The van der Waals surface area contributed by atoms with Gasteiger partial charge in [-0.25, -0.2) is 0 Å². The molecular formula is C28H49. The average molecular weight is 386 g/mol. The van der Waals surface area contributed by atoms with Gasteiger partial charge < -0.3 is 0 Å². The quantitative estimate of drug-likeness (QED) is 0.208. The van der Waals surface area contributed by atoms with Gasteiger partial charge in [0.25, 0.3) is 0 Å². The predicted molar refractivity (Wildman–Crippen MR) is 128 cm³/mol. The Kier molecular flexibility index (Phi) is 16.5. The standard InChI is InChI=1S/C28H49/c1-4-7-10-12-14-16-18-21-26-23-20-24-27(28(26)25-9-6-3)22-19-17-15-13-11-8-5-2/h20,23-24H,3-19,21-22,25H2,1-2H3. The normalized spacial score (nSPS) is 11.2. The van der Waals surface area contributed by atoms with E-state index in [4.69, 9.17) is 0 Å². The largest absolute Gasteiger partial charge is 0.0654 e. The fraction of sp³-hybridized carbons (Fsp3) is 0.750. The van der Waals surface area contributed by atoms with Crippen LogP contribution in [-0.2, 0) is 19.3 Å². The Labute approximate surface area is 177 Å². The summed E-state index contributed by atoms with van der Waals surface area (Å²) in [5.41, 5.74) is 4.97. The van der Waals surface area contributed by atoms with Gasteiger partial charge in [-0.1, -0.05) is 122 Å². The zero-order valence-corrected chi connectivity index (χ0v) is 19.4. The van der Waals surface area contributed by atoms with Crippen LogP contribution in [0.15, 0.2) is 18.2 Å². The average Bonchev–Trinajstić information content (AvgIpc) is 2.71. The second kappa shape index (κ2) is 18.3. The van der Waals surface area contributed by atoms with Gasteiger partial charge in [0, 0.05) is 0 Å². The Morgan fingerprint density at radius 2 is 0.964 bits per heavy atom. The summed E-state index contributed by atoms with van der Waals surface area (Å²) in [6.07, 6.45) is 25.7. The molecule has 0 fully saturated rings. The first-order chi connectivity index (χ1) is 13.8. The fourth-order valence-electron chi connectivity index (χ4n) is 4.32. The summed E-state index contributed by atoms with van der Waals surface area (Å²) in [6.45, 7) is 8.68. The molecule has 0 heterocycles. The monoisotopic (exact) mass is 385 g/mol. The van der Waals surface area contributed by atoms with E-state index in [0.29, 0.717) is 0 Å². The van der Waals surface area contributed by atoms with Crippen molar-refractivity contribution in [1.82, 2.24) is 0 Å². The molecule has 0 saturated heterocycles. The molecular weight excluding hydrogens is 336 g/mol. The molecule has 0 saturated carbocycles. The number of hydrogen-bond donors (Lipinski definition) is 0. The summed E-state index contributed by atoms with van der Waals surface area (Å²) >= 11 is 0. The maximum Gasteiger partial charge on any atom is -0.0273 e.